The lowest BCUT2D eigenvalue weighted by Gasteiger charge is -2.20. The summed E-state index contributed by atoms with van der Waals surface area (Å²) in [7, 11) is 3.17. The normalized spacial score (nSPS) is 10.5. The molecule has 0 aliphatic carbocycles. The highest BCUT2D eigenvalue weighted by atomic mass is 16.5. The minimum atomic E-state index is -0.212. The molecule has 0 aliphatic rings. The minimum Gasteiger partial charge on any atom is -0.436 e. The van der Waals surface area contributed by atoms with Gasteiger partial charge in [0.05, 0.1) is 13.2 Å². The summed E-state index contributed by atoms with van der Waals surface area (Å²) in [6.45, 7) is 1.90. The molecule has 96 valence electrons. The Hall–Kier alpha value is -1.53. The predicted octanol–water partition coefficient (Wildman–Crippen LogP) is 0.597. The van der Waals surface area contributed by atoms with Crippen LogP contribution in [-0.2, 0) is 9.47 Å². The first-order valence-corrected chi connectivity index (χ1v) is 5.31. The average Bonchev–Trinajstić information content (AvgIpc) is 2.75. The molecule has 1 heterocycles. The van der Waals surface area contributed by atoms with Gasteiger partial charge >= 0.3 is 0 Å². The number of methoxy groups -OCH3 is 2. The number of nitrogen functional groups attached to an aromatic ring is 1. The minimum absolute atomic E-state index is 0.212. The summed E-state index contributed by atoms with van der Waals surface area (Å²) in [4.78, 5) is 13.6. The van der Waals surface area contributed by atoms with Gasteiger partial charge in [-0.05, 0) is 6.07 Å². The largest absolute Gasteiger partial charge is 0.436 e. The maximum Gasteiger partial charge on any atom is 0.289 e. The van der Waals surface area contributed by atoms with Crippen molar-refractivity contribution in [1.82, 2.24) is 4.90 Å². The lowest BCUT2D eigenvalue weighted by molar-refractivity contribution is 0.0599. The zero-order chi connectivity index (χ0) is 12.7. The van der Waals surface area contributed by atoms with Gasteiger partial charge in [0.2, 0.25) is 0 Å². The van der Waals surface area contributed by atoms with Crippen molar-refractivity contribution in [3.8, 4) is 0 Å². The monoisotopic (exact) mass is 242 g/mol. The average molecular weight is 242 g/mol. The highest BCUT2D eigenvalue weighted by Gasteiger charge is 2.18. The molecule has 1 aromatic rings. The molecule has 2 N–H and O–H groups in total. The molecule has 1 amide bonds. The Morgan fingerprint density at radius 3 is 2.29 bits per heavy atom. The molecule has 0 saturated heterocycles. The van der Waals surface area contributed by atoms with Crippen LogP contribution in [0.4, 0.5) is 5.88 Å². The zero-order valence-electron chi connectivity index (χ0n) is 10.1. The fourth-order valence-electron chi connectivity index (χ4n) is 1.34. The number of rotatable bonds is 7. The van der Waals surface area contributed by atoms with Crippen molar-refractivity contribution in [2.24, 2.45) is 0 Å². The molecule has 0 atom stereocenters. The first kappa shape index (κ1) is 13.5. The number of nitrogens with zero attached hydrogens (tertiary/aromatic N) is 1. The van der Waals surface area contributed by atoms with E-state index in [9.17, 15) is 4.79 Å². The Morgan fingerprint density at radius 2 is 1.88 bits per heavy atom. The Bertz CT molecular complexity index is 343. The third-order valence-corrected chi connectivity index (χ3v) is 2.26. The SMILES string of the molecule is COCCN(CCOC)C(=O)c1ccc(N)o1. The molecule has 0 saturated carbocycles. The van der Waals surface area contributed by atoms with E-state index in [0.29, 0.717) is 26.3 Å². The van der Waals surface area contributed by atoms with E-state index < -0.39 is 0 Å². The number of hydrogen-bond acceptors (Lipinski definition) is 5. The second-order valence-electron chi connectivity index (χ2n) is 3.48. The molecule has 0 aliphatic heterocycles. The van der Waals surface area contributed by atoms with Gasteiger partial charge < -0.3 is 24.5 Å². The van der Waals surface area contributed by atoms with Crippen LogP contribution in [0.25, 0.3) is 0 Å². The fraction of sp³-hybridized carbons (Fsp3) is 0.545. The summed E-state index contributed by atoms with van der Waals surface area (Å²) in [5, 5.41) is 0. The molecular weight excluding hydrogens is 224 g/mol. The van der Waals surface area contributed by atoms with Gasteiger partial charge in [-0.1, -0.05) is 0 Å². The number of carbonyl (C=O) groups excluding carboxylic acids is 1. The van der Waals surface area contributed by atoms with E-state index in [1.165, 1.54) is 0 Å². The number of carbonyl (C=O) groups is 1. The Kier molecular flexibility index (Phi) is 5.51. The Balaban J connectivity index is 2.64. The molecule has 6 heteroatoms. The first-order chi connectivity index (χ1) is 8.19. The van der Waals surface area contributed by atoms with Crippen molar-refractivity contribution >= 4 is 11.8 Å². The van der Waals surface area contributed by atoms with Gasteiger partial charge in [-0.2, -0.15) is 0 Å². The van der Waals surface area contributed by atoms with Crippen LogP contribution in [0, 0.1) is 0 Å². The number of furan rings is 1. The van der Waals surface area contributed by atoms with E-state index in [-0.39, 0.29) is 17.6 Å². The molecular formula is C11H18N2O4. The Morgan fingerprint density at radius 1 is 1.29 bits per heavy atom. The van der Waals surface area contributed by atoms with Gasteiger partial charge in [-0.3, -0.25) is 4.79 Å². The number of ether oxygens (including phenoxy) is 2. The van der Waals surface area contributed by atoms with Crippen molar-refractivity contribution in [1.29, 1.82) is 0 Å². The van der Waals surface area contributed by atoms with Crippen molar-refractivity contribution in [2.75, 3.05) is 46.3 Å². The lowest BCUT2D eigenvalue weighted by atomic mass is 10.3. The first-order valence-electron chi connectivity index (χ1n) is 5.31. The summed E-state index contributed by atoms with van der Waals surface area (Å²) >= 11 is 0. The van der Waals surface area contributed by atoms with Gasteiger partial charge in [-0.25, -0.2) is 0 Å². The number of hydrogen-bond donors (Lipinski definition) is 1. The van der Waals surface area contributed by atoms with Gasteiger partial charge in [0.1, 0.15) is 0 Å². The second-order valence-corrected chi connectivity index (χ2v) is 3.48. The molecule has 0 unspecified atom stereocenters. The molecule has 0 spiro atoms. The van der Waals surface area contributed by atoms with E-state index >= 15 is 0 Å². The number of anilines is 1. The van der Waals surface area contributed by atoms with Gasteiger partial charge in [0.25, 0.3) is 5.91 Å². The van der Waals surface area contributed by atoms with Gasteiger partial charge in [0.15, 0.2) is 11.6 Å². The van der Waals surface area contributed by atoms with Crippen molar-refractivity contribution < 1.29 is 18.7 Å². The second kappa shape index (κ2) is 6.93. The Labute approximate surface area is 100 Å². The third kappa shape index (κ3) is 4.08. The van der Waals surface area contributed by atoms with Crippen LogP contribution < -0.4 is 5.73 Å². The molecule has 0 radical (unpaired) electrons. The molecule has 17 heavy (non-hydrogen) atoms. The summed E-state index contributed by atoms with van der Waals surface area (Å²) in [6.07, 6.45) is 0. The molecule has 0 aromatic carbocycles. The fourth-order valence-corrected chi connectivity index (χ4v) is 1.34. The number of amides is 1. The summed E-state index contributed by atoms with van der Waals surface area (Å²) in [5.74, 6) is 0.247. The number of nitrogens with two attached hydrogens (primary N) is 1. The van der Waals surface area contributed by atoms with Crippen molar-refractivity contribution in [2.45, 2.75) is 0 Å². The topological polar surface area (TPSA) is 77.9 Å². The van der Waals surface area contributed by atoms with Crippen molar-refractivity contribution in [3.05, 3.63) is 17.9 Å². The highest BCUT2D eigenvalue weighted by Crippen LogP contribution is 2.11. The predicted molar refractivity (Wildman–Crippen MR) is 62.8 cm³/mol. The van der Waals surface area contributed by atoms with Crippen LogP contribution in [0.15, 0.2) is 16.5 Å². The summed E-state index contributed by atoms with van der Waals surface area (Å²) in [5.41, 5.74) is 5.43. The highest BCUT2D eigenvalue weighted by molar-refractivity contribution is 5.91. The molecule has 1 rings (SSSR count). The third-order valence-electron chi connectivity index (χ3n) is 2.26. The summed E-state index contributed by atoms with van der Waals surface area (Å²) in [6, 6.07) is 3.11. The van der Waals surface area contributed by atoms with E-state index in [1.807, 2.05) is 0 Å². The maximum absolute atomic E-state index is 12.0. The lowest BCUT2D eigenvalue weighted by Crippen LogP contribution is -2.36. The molecule has 1 aromatic heterocycles. The van der Waals surface area contributed by atoms with Crippen molar-refractivity contribution in [3.63, 3.8) is 0 Å². The van der Waals surface area contributed by atoms with E-state index in [4.69, 9.17) is 19.6 Å². The van der Waals surface area contributed by atoms with Crippen LogP contribution in [0.2, 0.25) is 0 Å². The standard InChI is InChI=1S/C11H18N2O4/c1-15-7-5-13(6-8-16-2)11(14)9-3-4-10(12)17-9/h3-4H,5-8,12H2,1-2H3. The molecule has 0 bridgehead atoms. The molecule has 0 fully saturated rings. The quantitative estimate of drug-likeness (QED) is 0.757. The van der Waals surface area contributed by atoms with Crippen LogP contribution in [0.1, 0.15) is 10.6 Å². The van der Waals surface area contributed by atoms with Crippen LogP contribution in [-0.4, -0.2) is 51.3 Å². The van der Waals surface area contributed by atoms with E-state index in [1.54, 1.807) is 31.3 Å². The smallest absolute Gasteiger partial charge is 0.289 e. The van der Waals surface area contributed by atoms with E-state index in [2.05, 4.69) is 0 Å². The van der Waals surface area contributed by atoms with E-state index in [0.717, 1.165) is 0 Å². The zero-order valence-corrected chi connectivity index (χ0v) is 10.1. The van der Waals surface area contributed by atoms with Crippen LogP contribution in [0.3, 0.4) is 0 Å². The van der Waals surface area contributed by atoms with Crippen LogP contribution in [0.5, 0.6) is 0 Å². The summed E-state index contributed by atoms with van der Waals surface area (Å²) < 4.78 is 15.0. The van der Waals surface area contributed by atoms with Crippen LogP contribution >= 0.6 is 0 Å². The van der Waals surface area contributed by atoms with Gasteiger partial charge in [0, 0.05) is 33.4 Å². The molecule has 6 nitrogen and oxygen atoms in total. The maximum atomic E-state index is 12.0. The van der Waals surface area contributed by atoms with Gasteiger partial charge in [-0.15, -0.1) is 0 Å².